The van der Waals surface area contributed by atoms with Crippen molar-refractivity contribution < 1.29 is 0 Å². The lowest BCUT2D eigenvalue weighted by atomic mass is 10.1. The van der Waals surface area contributed by atoms with Crippen LogP contribution in [0.1, 0.15) is 46.0 Å². The summed E-state index contributed by atoms with van der Waals surface area (Å²) in [6.45, 7) is 8.39. The van der Waals surface area contributed by atoms with Crippen molar-refractivity contribution in [3.05, 3.63) is 11.6 Å². The third-order valence-corrected chi connectivity index (χ3v) is 2.69. The quantitative estimate of drug-likeness (QED) is 0.589. The van der Waals surface area contributed by atoms with Crippen LogP contribution in [0, 0.1) is 0 Å². The summed E-state index contributed by atoms with van der Waals surface area (Å²) in [6.07, 6.45) is 9.02. The van der Waals surface area contributed by atoms with Crippen LogP contribution in [0.4, 0.5) is 0 Å². The van der Waals surface area contributed by atoms with Crippen molar-refractivity contribution in [3.8, 4) is 0 Å². The van der Waals surface area contributed by atoms with Gasteiger partial charge in [-0.25, -0.2) is 0 Å². The summed E-state index contributed by atoms with van der Waals surface area (Å²) in [5.41, 5.74) is 1.66. The molecule has 0 amide bonds. The summed E-state index contributed by atoms with van der Waals surface area (Å²) in [5.74, 6) is 0. The van der Waals surface area contributed by atoms with Crippen LogP contribution in [0.5, 0.6) is 0 Å². The number of hydrogen-bond acceptors (Lipinski definition) is 1. The molecule has 1 saturated heterocycles. The van der Waals surface area contributed by atoms with E-state index in [0.717, 1.165) is 0 Å². The predicted octanol–water partition coefficient (Wildman–Crippen LogP) is 3.22. The van der Waals surface area contributed by atoms with Crippen molar-refractivity contribution in [1.82, 2.24) is 4.90 Å². The van der Waals surface area contributed by atoms with Crippen LogP contribution in [0.25, 0.3) is 0 Å². The van der Waals surface area contributed by atoms with E-state index < -0.39 is 0 Å². The van der Waals surface area contributed by atoms with Gasteiger partial charge in [0.25, 0.3) is 0 Å². The molecule has 1 rings (SSSR count). The van der Waals surface area contributed by atoms with E-state index in [-0.39, 0.29) is 0 Å². The van der Waals surface area contributed by atoms with Crippen molar-refractivity contribution in [1.29, 1.82) is 0 Å². The van der Waals surface area contributed by atoms with E-state index in [1.807, 2.05) is 0 Å². The normalized spacial score (nSPS) is 19.7. The predicted molar refractivity (Wildman–Crippen MR) is 59.0 cm³/mol. The van der Waals surface area contributed by atoms with Gasteiger partial charge in [0.2, 0.25) is 0 Å². The minimum atomic E-state index is 1.20. The van der Waals surface area contributed by atoms with E-state index in [4.69, 9.17) is 0 Å². The summed E-state index contributed by atoms with van der Waals surface area (Å²) in [6, 6.07) is 0. The van der Waals surface area contributed by atoms with Gasteiger partial charge in [-0.1, -0.05) is 31.9 Å². The van der Waals surface area contributed by atoms with Gasteiger partial charge in [0.15, 0.2) is 0 Å². The first-order valence-corrected chi connectivity index (χ1v) is 5.77. The Labute approximate surface area is 82.8 Å². The summed E-state index contributed by atoms with van der Waals surface area (Å²) in [7, 11) is 0. The van der Waals surface area contributed by atoms with E-state index in [1.165, 1.54) is 51.7 Å². The second-order valence-electron chi connectivity index (χ2n) is 4.00. The maximum absolute atomic E-state index is 2.59. The molecule has 0 N–H and O–H groups in total. The zero-order valence-corrected chi connectivity index (χ0v) is 9.18. The highest BCUT2D eigenvalue weighted by Crippen LogP contribution is 2.13. The third-order valence-electron chi connectivity index (χ3n) is 2.69. The molecule has 1 nitrogen and oxygen atoms in total. The molecule has 1 aliphatic rings. The fraction of sp³-hybridized carbons (Fsp3) is 0.833. The second-order valence-corrected chi connectivity index (χ2v) is 4.00. The van der Waals surface area contributed by atoms with Gasteiger partial charge in [0.1, 0.15) is 0 Å². The van der Waals surface area contributed by atoms with Crippen LogP contribution in [-0.2, 0) is 0 Å². The first kappa shape index (κ1) is 10.8. The summed E-state index contributed by atoms with van der Waals surface area (Å²) < 4.78 is 0. The average Bonchev–Trinajstić information content (AvgIpc) is 2.58. The topological polar surface area (TPSA) is 3.24 Å². The molecule has 0 aromatic heterocycles. The summed E-state index contributed by atoms with van der Waals surface area (Å²) in [4.78, 5) is 2.59. The molecule has 13 heavy (non-hydrogen) atoms. The average molecular weight is 181 g/mol. The molecule has 1 fully saturated rings. The number of nitrogens with zero attached hydrogens (tertiary/aromatic N) is 1. The molecule has 1 heteroatoms. The number of hydrogen-bond donors (Lipinski definition) is 0. The lowest BCUT2D eigenvalue weighted by Gasteiger charge is -2.16. The molecule has 1 heterocycles. The van der Waals surface area contributed by atoms with Crippen LogP contribution in [-0.4, -0.2) is 24.5 Å². The van der Waals surface area contributed by atoms with Crippen molar-refractivity contribution in [2.24, 2.45) is 0 Å². The third kappa shape index (κ3) is 3.95. The minimum Gasteiger partial charge on any atom is -0.299 e. The zero-order valence-electron chi connectivity index (χ0n) is 9.18. The SMILES string of the molecule is CCC=C(CCC)CN1CCCC1. The Hall–Kier alpha value is -0.300. The van der Waals surface area contributed by atoms with E-state index >= 15 is 0 Å². The van der Waals surface area contributed by atoms with Crippen molar-refractivity contribution in [2.75, 3.05) is 19.6 Å². The molecular formula is C12H23N. The van der Waals surface area contributed by atoms with Gasteiger partial charge in [-0.15, -0.1) is 0 Å². The van der Waals surface area contributed by atoms with Crippen LogP contribution >= 0.6 is 0 Å². The zero-order chi connectivity index (χ0) is 9.52. The number of rotatable bonds is 5. The first-order chi connectivity index (χ1) is 6.36. The van der Waals surface area contributed by atoms with Crippen LogP contribution in [0.15, 0.2) is 11.6 Å². The van der Waals surface area contributed by atoms with Gasteiger partial charge in [0, 0.05) is 6.54 Å². The molecule has 0 atom stereocenters. The first-order valence-electron chi connectivity index (χ1n) is 5.77. The maximum Gasteiger partial charge on any atom is 0.0192 e. The minimum absolute atomic E-state index is 1.20. The Kier molecular flexibility index (Phi) is 5.14. The summed E-state index contributed by atoms with van der Waals surface area (Å²) in [5, 5.41) is 0. The molecule has 0 saturated carbocycles. The summed E-state index contributed by atoms with van der Waals surface area (Å²) >= 11 is 0. The molecule has 0 aromatic carbocycles. The molecule has 0 radical (unpaired) electrons. The Morgan fingerprint density at radius 3 is 2.46 bits per heavy atom. The molecular weight excluding hydrogens is 158 g/mol. The Bertz CT molecular complexity index is 155. The maximum atomic E-state index is 2.59. The van der Waals surface area contributed by atoms with Crippen LogP contribution in [0.3, 0.4) is 0 Å². The largest absolute Gasteiger partial charge is 0.299 e. The molecule has 0 spiro atoms. The highest BCUT2D eigenvalue weighted by molar-refractivity contribution is 5.04. The van der Waals surface area contributed by atoms with Crippen molar-refractivity contribution in [3.63, 3.8) is 0 Å². The van der Waals surface area contributed by atoms with Gasteiger partial charge in [-0.2, -0.15) is 0 Å². The lowest BCUT2D eigenvalue weighted by molar-refractivity contribution is 0.364. The Balaban J connectivity index is 2.32. The van der Waals surface area contributed by atoms with Gasteiger partial charge in [0.05, 0.1) is 0 Å². The molecule has 1 aliphatic heterocycles. The van der Waals surface area contributed by atoms with Gasteiger partial charge >= 0.3 is 0 Å². The standard InChI is InChI=1S/C12H23N/c1-3-7-12(8-4-2)11-13-9-5-6-10-13/h7H,3-6,8-11H2,1-2H3. The van der Waals surface area contributed by atoms with Gasteiger partial charge in [-0.05, 0) is 38.8 Å². The molecule has 0 bridgehead atoms. The molecule has 0 aromatic rings. The number of likely N-dealkylation sites (tertiary alicyclic amines) is 1. The molecule has 76 valence electrons. The van der Waals surface area contributed by atoms with Crippen LogP contribution < -0.4 is 0 Å². The second kappa shape index (κ2) is 6.20. The lowest BCUT2D eigenvalue weighted by Crippen LogP contribution is -2.21. The Morgan fingerprint density at radius 2 is 1.92 bits per heavy atom. The molecule has 0 aliphatic carbocycles. The Morgan fingerprint density at radius 1 is 1.23 bits per heavy atom. The smallest absolute Gasteiger partial charge is 0.0192 e. The fourth-order valence-corrected chi connectivity index (χ4v) is 2.08. The highest BCUT2D eigenvalue weighted by atomic mass is 15.1. The van der Waals surface area contributed by atoms with Crippen LogP contribution in [0.2, 0.25) is 0 Å². The fourth-order valence-electron chi connectivity index (χ4n) is 2.08. The van der Waals surface area contributed by atoms with Crippen molar-refractivity contribution >= 4 is 0 Å². The van der Waals surface area contributed by atoms with E-state index in [0.29, 0.717) is 0 Å². The van der Waals surface area contributed by atoms with Crippen molar-refractivity contribution in [2.45, 2.75) is 46.0 Å². The van der Waals surface area contributed by atoms with Gasteiger partial charge in [-0.3, -0.25) is 4.90 Å². The van der Waals surface area contributed by atoms with E-state index in [1.54, 1.807) is 5.57 Å². The molecule has 0 unspecified atom stereocenters. The van der Waals surface area contributed by atoms with E-state index in [2.05, 4.69) is 24.8 Å². The number of allylic oxidation sites excluding steroid dienone is 1. The highest BCUT2D eigenvalue weighted by Gasteiger charge is 2.11. The monoisotopic (exact) mass is 181 g/mol. The van der Waals surface area contributed by atoms with Gasteiger partial charge < -0.3 is 0 Å². The van der Waals surface area contributed by atoms with E-state index in [9.17, 15) is 0 Å².